The minimum absolute atomic E-state index is 0.406. The molecule has 0 unspecified atom stereocenters. The SMILES string of the molecule is NCC#Cc1ccc(CSc2ncccc2Br)s1. The minimum Gasteiger partial charge on any atom is -0.320 e. The van der Waals surface area contributed by atoms with Crippen molar-refractivity contribution in [2.24, 2.45) is 5.73 Å². The molecule has 0 amide bonds. The Hall–Kier alpha value is -0.800. The second kappa shape index (κ2) is 6.95. The summed E-state index contributed by atoms with van der Waals surface area (Å²) in [6.07, 6.45) is 1.81. The van der Waals surface area contributed by atoms with Crippen LogP contribution >= 0.6 is 39.0 Å². The molecule has 0 aliphatic rings. The second-order valence-electron chi connectivity index (χ2n) is 3.35. The van der Waals surface area contributed by atoms with Gasteiger partial charge in [0.15, 0.2) is 0 Å². The fourth-order valence-corrected chi connectivity index (χ4v) is 3.68. The Balaban J connectivity index is 1.98. The second-order valence-corrected chi connectivity index (χ2v) is 6.34. The monoisotopic (exact) mass is 338 g/mol. The Kier molecular flexibility index (Phi) is 5.26. The highest BCUT2D eigenvalue weighted by Gasteiger charge is 2.03. The smallest absolute Gasteiger partial charge is 0.111 e. The van der Waals surface area contributed by atoms with Gasteiger partial charge in [-0.05, 0) is 40.2 Å². The molecule has 0 radical (unpaired) electrons. The Morgan fingerprint density at radius 3 is 3.06 bits per heavy atom. The molecule has 0 aliphatic carbocycles. The van der Waals surface area contributed by atoms with Gasteiger partial charge in [0.2, 0.25) is 0 Å². The summed E-state index contributed by atoms with van der Waals surface area (Å²) in [7, 11) is 0. The summed E-state index contributed by atoms with van der Waals surface area (Å²) in [5, 5.41) is 1.01. The van der Waals surface area contributed by atoms with Crippen molar-refractivity contribution in [2.75, 3.05) is 6.54 Å². The van der Waals surface area contributed by atoms with E-state index >= 15 is 0 Å². The van der Waals surface area contributed by atoms with Crippen molar-refractivity contribution in [1.82, 2.24) is 4.98 Å². The molecule has 5 heteroatoms. The first kappa shape index (κ1) is 13.6. The number of thioether (sulfide) groups is 1. The summed E-state index contributed by atoms with van der Waals surface area (Å²) >= 11 is 6.91. The Bertz CT molecular complexity index is 584. The average molecular weight is 339 g/mol. The number of halogens is 1. The number of rotatable bonds is 3. The van der Waals surface area contributed by atoms with Crippen LogP contribution in [0.1, 0.15) is 9.75 Å². The van der Waals surface area contributed by atoms with E-state index in [9.17, 15) is 0 Å². The van der Waals surface area contributed by atoms with Crippen molar-refractivity contribution >= 4 is 39.0 Å². The largest absolute Gasteiger partial charge is 0.320 e. The number of hydrogen-bond donors (Lipinski definition) is 1. The number of aromatic nitrogens is 1. The van der Waals surface area contributed by atoms with E-state index in [1.165, 1.54) is 4.88 Å². The zero-order valence-electron chi connectivity index (χ0n) is 9.52. The van der Waals surface area contributed by atoms with E-state index in [1.54, 1.807) is 29.3 Å². The lowest BCUT2D eigenvalue weighted by molar-refractivity contribution is 1.11. The van der Waals surface area contributed by atoms with Crippen molar-refractivity contribution in [3.8, 4) is 11.8 Å². The van der Waals surface area contributed by atoms with Crippen LogP contribution in [0.5, 0.6) is 0 Å². The molecule has 0 spiro atoms. The minimum atomic E-state index is 0.406. The molecule has 0 fully saturated rings. The third-order valence-corrected chi connectivity index (χ3v) is 5.19. The van der Waals surface area contributed by atoms with Gasteiger partial charge < -0.3 is 5.73 Å². The fraction of sp³-hybridized carbons (Fsp3) is 0.154. The van der Waals surface area contributed by atoms with Crippen LogP contribution < -0.4 is 5.73 Å². The number of nitrogens with two attached hydrogens (primary N) is 1. The lowest BCUT2D eigenvalue weighted by Crippen LogP contribution is -1.92. The molecule has 0 bridgehead atoms. The maximum Gasteiger partial charge on any atom is 0.111 e. The molecule has 0 saturated heterocycles. The summed E-state index contributed by atoms with van der Waals surface area (Å²) in [6, 6.07) is 8.06. The summed E-state index contributed by atoms with van der Waals surface area (Å²) in [6.45, 7) is 0.406. The summed E-state index contributed by atoms with van der Waals surface area (Å²) in [5.41, 5.74) is 5.35. The van der Waals surface area contributed by atoms with Gasteiger partial charge in [-0.1, -0.05) is 23.6 Å². The molecule has 18 heavy (non-hydrogen) atoms. The first-order chi connectivity index (χ1) is 8.79. The molecule has 0 aromatic carbocycles. The lowest BCUT2D eigenvalue weighted by atomic mass is 10.4. The lowest BCUT2D eigenvalue weighted by Gasteiger charge is -2.00. The van der Waals surface area contributed by atoms with Crippen LogP contribution in [0.3, 0.4) is 0 Å². The van der Waals surface area contributed by atoms with E-state index in [1.807, 2.05) is 18.2 Å². The van der Waals surface area contributed by atoms with Crippen molar-refractivity contribution in [1.29, 1.82) is 0 Å². The van der Waals surface area contributed by atoms with Crippen LogP contribution in [0.15, 0.2) is 40.0 Å². The van der Waals surface area contributed by atoms with Crippen LogP contribution in [0.2, 0.25) is 0 Å². The van der Waals surface area contributed by atoms with E-state index < -0.39 is 0 Å². The summed E-state index contributed by atoms with van der Waals surface area (Å²) in [4.78, 5) is 6.68. The molecule has 2 nitrogen and oxygen atoms in total. The maximum absolute atomic E-state index is 5.35. The summed E-state index contributed by atoms with van der Waals surface area (Å²) in [5.74, 6) is 6.81. The number of thiophene rings is 1. The number of pyridine rings is 1. The first-order valence-electron chi connectivity index (χ1n) is 5.30. The van der Waals surface area contributed by atoms with Crippen molar-refractivity contribution < 1.29 is 0 Å². The van der Waals surface area contributed by atoms with Gasteiger partial charge in [-0.2, -0.15) is 0 Å². The van der Waals surface area contributed by atoms with Gasteiger partial charge in [0.05, 0.1) is 11.4 Å². The first-order valence-corrected chi connectivity index (χ1v) is 7.90. The van der Waals surface area contributed by atoms with Crippen molar-refractivity contribution in [3.05, 3.63) is 44.7 Å². The maximum atomic E-state index is 5.35. The average Bonchev–Trinajstić information content (AvgIpc) is 2.83. The molecule has 2 N–H and O–H groups in total. The molecular weight excluding hydrogens is 328 g/mol. The van der Waals surface area contributed by atoms with Gasteiger partial charge in [0.1, 0.15) is 5.03 Å². The highest BCUT2D eigenvalue weighted by molar-refractivity contribution is 9.10. The molecule has 2 heterocycles. The third kappa shape index (κ3) is 3.85. The van der Waals surface area contributed by atoms with Gasteiger partial charge in [-0.15, -0.1) is 11.3 Å². The van der Waals surface area contributed by atoms with Crippen LogP contribution in [-0.2, 0) is 5.75 Å². The van der Waals surface area contributed by atoms with Crippen LogP contribution in [0.25, 0.3) is 0 Å². The van der Waals surface area contributed by atoms with Crippen LogP contribution in [0.4, 0.5) is 0 Å². The molecule has 2 aromatic heterocycles. The van der Waals surface area contributed by atoms with Crippen LogP contribution in [0, 0.1) is 11.8 Å². The number of nitrogens with zero attached hydrogens (tertiary/aromatic N) is 1. The van der Waals surface area contributed by atoms with Crippen molar-refractivity contribution in [3.63, 3.8) is 0 Å². The zero-order chi connectivity index (χ0) is 12.8. The van der Waals surface area contributed by atoms with E-state index in [-0.39, 0.29) is 0 Å². The summed E-state index contributed by atoms with van der Waals surface area (Å²) < 4.78 is 1.04. The topological polar surface area (TPSA) is 38.9 Å². The standard InChI is InChI=1S/C13H11BrN2S2/c14-12-4-2-8-16-13(12)17-9-11-6-5-10(18-11)3-1-7-15/h2,4-6,8H,7,9,15H2. The zero-order valence-corrected chi connectivity index (χ0v) is 12.7. The molecule has 2 rings (SSSR count). The van der Waals surface area contributed by atoms with Gasteiger partial charge in [-0.25, -0.2) is 4.98 Å². The molecule has 0 aliphatic heterocycles. The quantitative estimate of drug-likeness (QED) is 0.687. The van der Waals surface area contributed by atoms with E-state index in [0.29, 0.717) is 6.54 Å². The van der Waals surface area contributed by atoms with Crippen LogP contribution in [-0.4, -0.2) is 11.5 Å². The molecule has 0 atom stereocenters. The van der Waals surface area contributed by atoms with Gasteiger partial charge >= 0.3 is 0 Å². The van der Waals surface area contributed by atoms with E-state index in [0.717, 1.165) is 20.1 Å². The highest BCUT2D eigenvalue weighted by atomic mass is 79.9. The van der Waals surface area contributed by atoms with Crippen molar-refractivity contribution in [2.45, 2.75) is 10.8 Å². The Morgan fingerprint density at radius 2 is 2.28 bits per heavy atom. The Labute approximate surface area is 123 Å². The Morgan fingerprint density at radius 1 is 1.39 bits per heavy atom. The van der Waals surface area contributed by atoms with E-state index in [4.69, 9.17) is 5.73 Å². The predicted molar refractivity (Wildman–Crippen MR) is 81.7 cm³/mol. The fourth-order valence-electron chi connectivity index (χ4n) is 1.28. The normalized spacial score (nSPS) is 9.89. The molecular formula is C13H11BrN2S2. The van der Waals surface area contributed by atoms with Gasteiger partial charge in [-0.3, -0.25) is 0 Å². The third-order valence-electron chi connectivity index (χ3n) is 2.05. The highest BCUT2D eigenvalue weighted by Crippen LogP contribution is 2.29. The molecule has 92 valence electrons. The van der Waals surface area contributed by atoms with Gasteiger partial charge in [0, 0.05) is 21.3 Å². The molecule has 2 aromatic rings. The van der Waals surface area contributed by atoms with E-state index in [2.05, 4.69) is 38.8 Å². The van der Waals surface area contributed by atoms with Gasteiger partial charge in [0.25, 0.3) is 0 Å². The number of hydrogen-bond acceptors (Lipinski definition) is 4. The molecule has 0 saturated carbocycles. The predicted octanol–water partition coefficient (Wildman–Crippen LogP) is 3.51.